The van der Waals surface area contributed by atoms with Crippen LogP contribution in [0.1, 0.15) is 32.6 Å². The van der Waals surface area contributed by atoms with Crippen molar-refractivity contribution in [3.05, 3.63) is 0 Å². The van der Waals surface area contributed by atoms with Gasteiger partial charge in [-0.25, -0.2) is 0 Å². The van der Waals surface area contributed by atoms with Crippen LogP contribution in [0, 0.1) is 0 Å². The molecule has 0 aliphatic carbocycles. The third kappa shape index (κ3) is 6.42. The minimum atomic E-state index is -1.05. The topological polar surface area (TPSA) is 27.7 Å². The SMILES string of the molecule is CCC[CH2][Sn]([CH3])[CH2]CCC(OC)(OC)OC. The molecule has 0 aromatic carbocycles. The molecule has 0 aromatic heterocycles. The van der Waals surface area contributed by atoms with E-state index in [-0.39, 0.29) is 0 Å². The minimum absolute atomic E-state index is 0.811. The molecule has 4 heteroatoms. The molecular weight excluding hydrogens is 311 g/mol. The van der Waals surface area contributed by atoms with Crippen molar-refractivity contribution >= 4 is 19.8 Å². The molecular formula is C12H27O3Sn. The van der Waals surface area contributed by atoms with Gasteiger partial charge in [-0.3, -0.25) is 0 Å². The fraction of sp³-hybridized carbons (Fsp3) is 1.00. The summed E-state index contributed by atoms with van der Waals surface area (Å²) in [6.45, 7) is 2.27. The van der Waals surface area contributed by atoms with Gasteiger partial charge in [0.15, 0.2) is 0 Å². The van der Waals surface area contributed by atoms with Gasteiger partial charge in [0, 0.05) is 0 Å². The van der Waals surface area contributed by atoms with Gasteiger partial charge in [-0.05, 0) is 0 Å². The van der Waals surface area contributed by atoms with Gasteiger partial charge in [0.05, 0.1) is 0 Å². The summed E-state index contributed by atoms with van der Waals surface area (Å²) in [5, 5.41) is 0. The van der Waals surface area contributed by atoms with Crippen molar-refractivity contribution in [1.82, 2.24) is 0 Å². The van der Waals surface area contributed by atoms with Crippen LogP contribution < -0.4 is 0 Å². The Morgan fingerprint density at radius 1 is 0.938 bits per heavy atom. The fourth-order valence-corrected chi connectivity index (χ4v) is 7.44. The summed E-state index contributed by atoms with van der Waals surface area (Å²) in [5.74, 6) is -0.811. The third-order valence-corrected chi connectivity index (χ3v) is 9.87. The molecule has 0 saturated carbocycles. The van der Waals surface area contributed by atoms with E-state index >= 15 is 0 Å². The third-order valence-electron chi connectivity index (χ3n) is 2.98. The van der Waals surface area contributed by atoms with Crippen molar-refractivity contribution in [2.75, 3.05) is 21.3 Å². The van der Waals surface area contributed by atoms with Crippen LogP contribution in [0.3, 0.4) is 0 Å². The molecule has 0 spiro atoms. The van der Waals surface area contributed by atoms with E-state index in [9.17, 15) is 0 Å². The van der Waals surface area contributed by atoms with Gasteiger partial charge < -0.3 is 0 Å². The van der Waals surface area contributed by atoms with Gasteiger partial charge in [0.25, 0.3) is 0 Å². The summed E-state index contributed by atoms with van der Waals surface area (Å²) < 4.78 is 18.7. The van der Waals surface area contributed by atoms with Crippen molar-refractivity contribution < 1.29 is 14.2 Å². The molecule has 0 aromatic rings. The molecule has 0 atom stereocenters. The molecule has 0 unspecified atom stereocenters. The summed E-state index contributed by atoms with van der Waals surface area (Å²) in [6.07, 6.45) is 4.73. The molecule has 0 rings (SSSR count). The Kier molecular flexibility index (Phi) is 10.1. The van der Waals surface area contributed by atoms with E-state index in [1.165, 1.54) is 21.7 Å². The zero-order chi connectivity index (χ0) is 12.4. The number of ether oxygens (including phenoxy) is 3. The van der Waals surface area contributed by atoms with Crippen molar-refractivity contribution in [3.8, 4) is 0 Å². The predicted molar refractivity (Wildman–Crippen MR) is 69.1 cm³/mol. The van der Waals surface area contributed by atoms with Gasteiger partial charge in [-0.2, -0.15) is 0 Å². The Labute approximate surface area is 108 Å². The summed E-state index contributed by atoms with van der Waals surface area (Å²) in [7, 11) is 4.90. The zero-order valence-corrected chi connectivity index (χ0v) is 14.3. The maximum atomic E-state index is 5.28. The van der Waals surface area contributed by atoms with Gasteiger partial charge in [0.1, 0.15) is 0 Å². The monoisotopic (exact) mass is 339 g/mol. The van der Waals surface area contributed by atoms with Crippen LogP contribution in [0.5, 0.6) is 0 Å². The van der Waals surface area contributed by atoms with E-state index in [4.69, 9.17) is 14.2 Å². The van der Waals surface area contributed by atoms with Gasteiger partial charge in [-0.15, -0.1) is 0 Å². The molecule has 0 N–H and O–H groups in total. The first-order chi connectivity index (χ1) is 7.64. The van der Waals surface area contributed by atoms with Crippen LogP contribution >= 0.6 is 0 Å². The van der Waals surface area contributed by atoms with Crippen molar-refractivity contribution in [2.45, 2.75) is 52.4 Å². The van der Waals surface area contributed by atoms with Crippen molar-refractivity contribution in [1.29, 1.82) is 0 Å². The molecule has 3 nitrogen and oxygen atoms in total. The molecule has 97 valence electrons. The van der Waals surface area contributed by atoms with E-state index in [1.54, 1.807) is 21.3 Å². The molecule has 0 bridgehead atoms. The summed E-state index contributed by atoms with van der Waals surface area (Å²) in [6, 6.07) is 0. The molecule has 0 amide bonds. The number of hydrogen-bond donors (Lipinski definition) is 0. The molecule has 0 aliphatic heterocycles. The predicted octanol–water partition coefficient (Wildman–Crippen LogP) is 3.28. The molecule has 0 heterocycles. The number of rotatable bonds is 10. The average molecular weight is 338 g/mol. The maximum absolute atomic E-state index is 5.28. The van der Waals surface area contributed by atoms with Gasteiger partial charge in [-0.1, -0.05) is 0 Å². The quantitative estimate of drug-likeness (QED) is 0.452. The molecule has 16 heavy (non-hydrogen) atoms. The summed E-state index contributed by atoms with van der Waals surface area (Å²) >= 11 is -1.05. The molecule has 0 fully saturated rings. The van der Waals surface area contributed by atoms with Gasteiger partial charge in [0.2, 0.25) is 0 Å². The van der Waals surface area contributed by atoms with Crippen molar-refractivity contribution in [2.24, 2.45) is 0 Å². The Hall–Kier alpha value is 0.679. The number of methoxy groups -OCH3 is 3. The summed E-state index contributed by atoms with van der Waals surface area (Å²) in [5.41, 5.74) is 0. The van der Waals surface area contributed by atoms with Crippen LogP contribution in [0.15, 0.2) is 0 Å². The molecule has 0 aliphatic rings. The Bertz CT molecular complexity index is 152. The first-order valence-corrected chi connectivity index (χ1v) is 13.0. The van der Waals surface area contributed by atoms with E-state index in [0.29, 0.717) is 0 Å². The number of hydrogen-bond acceptors (Lipinski definition) is 3. The Balaban J connectivity index is 3.77. The normalized spacial score (nSPS) is 12.4. The number of unbranched alkanes of at least 4 members (excludes halogenated alkanes) is 1. The zero-order valence-electron chi connectivity index (χ0n) is 11.5. The average Bonchev–Trinajstić information content (AvgIpc) is 2.33. The van der Waals surface area contributed by atoms with Crippen LogP contribution in [-0.4, -0.2) is 47.1 Å². The Morgan fingerprint density at radius 2 is 1.44 bits per heavy atom. The van der Waals surface area contributed by atoms with E-state index in [2.05, 4.69) is 11.9 Å². The second kappa shape index (κ2) is 9.68. The van der Waals surface area contributed by atoms with Crippen LogP contribution in [0.25, 0.3) is 0 Å². The van der Waals surface area contributed by atoms with Crippen LogP contribution in [-0.2, 0) is 14.2 Å². The van der Waals surface area contributed by atoms with E-state index in [0.717, 1.165) is 12.8 Å². The van der Waals surface area contributed by atoms with Crippen LogP contribution in [0.2, 0.25) is 13.8 Å². The standard InChI is InChI=1S/C7H15O3.C4H9.CH3.Sn/c1-5-6-7(8-2,9-3)10-4;1-3-4-2;;/h1,5-6H2,2-4H3;1,3-4H2,2H3;1H3;. The molecule has 1 radical (unpaired) electrons. The Morgan fingerprint density at radius 3 is 1.88 bits per heavy atom. The van der Waals surface area contributed by atoms with Crippen LogP contribution in [0.4, 0.5) is 0 Å². The first kappa shape index (κ1) is 16.7. The van der Waals surface area contributed by atoms with Gasteiger partial charge >= 0.3 is 108 Å². The first-order valence-electron chi connectivity index (χ1n) is 6.10. The van der Waals surface area contributed by atoms with Crippen molar-refractivity contribution in [3.63, 3.8) is 0 Å². The van der Waals surface area contributed by atoms with E-state index in [1.807, 2.05) is 0 Å². The second-order valence-electron chi connectivity index (χ2n) is 4.21. The summed E-state index contributed by atoms with van der Waals surface area (Å²) in [4.78, 5) is 2.51. The molecule has 0 saturated heterocycles. The fourth-order valence-electron chi connectivity index (χ4n) is 1.77. The second-order valence-corrected chi connectivity index (χ2v) is 12.5. The van der Waals surface area contributed by atoms with E-state index < -0.39 is 25.7 Å².